The summed E-state index contributed by atoms with van der Waals surface area (Å²) in [5.74, 6) is -2.73. The maximum atomic E-state index is 13.1. The molecule has 0 unspecified atom stereocenters. The number of hydrogen-bond donors (Lipinski definition) is 0. The molecule has 1 aliphatic heterocycles. The van der Waals surface area contributed by atoms with Gasteiger partial charge in [0.05, 0.1) is 22.7 Å². The van der Waals surface area contributed by atoms with Crippen molar-refractivity contribution in [3.8, 4) is 11.8 Å². The minimum absolute atomic E-state index is 0.0776. The number of rotatable bonds is 5. The van der Waals surface area contributed by atoms with Crippen molar-refractivity contribution in [3.63, 3.8) is 0 Å². The normalized spacial score (nSPS) is 14.1. The summed E-state index contributed by atoms with van der Waals surface area (Å²) in [6.07, 6.45) is -2.36. The SMILES string of the molecule is N#Cc1ccc(OS(=O)(=O)CC(F)(F)F)c2c1N(S(=O)(=O)c1ccccc1)CC=C2. The maximum Gasteiger partial charge on any atom is 0.406 e. The number of nitriles is 1. The molecule has 0 fully saturated rings. The second kappa shape index (κ2) is 7.66. The Balaban J connectivity index is 2.13. The van der Waals surface area contributed by atoms with E-state index in [0.29, 0.717) is 0 Å². The fraction of sp³-hybridized carbons (Fsp3) is 0.167. The highest BCUT2D eigenvalue weighted by molar-refractivity contribution is 7.92. The van der Waals surface area contributed by atoms with Crippen molar-refractivity contribution in [2.24, 2.45) is 0 Å². The van der Waals surface area contributed by atoms with Gasteiger partial charge in [-0.25, -0.2) is 8.42 Å². The molecule has 0 bridgehead atoms. The lowest BCUT2D eigenvalue weighted by molar-refractivity contribution is -0.107. The number of sulfonamides is 1. The number of hydrogen-bond acceptors (Lipinski definition) is 6. The number of halogens is 3. The molecule has 0 saturated heterocycles. The molecule has 3 rings (SSSR count). The lowest BCUT2D eigenvalue weighted by atomic mass is 10.0. The smallest absolute Gasteiger partial charge is 0.381 e. The minimum Gasteiger partial charge on any atom is -0.381 e. The van der Waals surface area contributed by atoms with Crippen molar-refractivity contribution in [1.82, 2.24) is 0 Å². The summed E-state index contributed by atoms with van der Waals surface area (Å²) in [5.41, 5.74) is -0.427. The Labute approximate surface area is 170 Å². The topological polar surface area (TPSA) is 105 Å². The molecule has 12 heteroatoms. The summed E-state index contributed by atoms with van der Waals surface area (Å²) in [4.78, 5) is -0.0776. The molecule has 7 nitrogen and oxygen atoms in total. The molecule has 0 amide bonds. The van der Waals surface area contributed by atoms with Crippen LogP contribution in [0.2, 0.25) is 0 Å². The van der Waals surface area contributed by atoms with E-state index in [2.05, 4.69) is 4.18 Å². The average molecular weight is 458 g/mol. The van der Waals surface area contributed by atoms with Crippen LogP contribution in [0.15, 0.2) is 53.4 Å². The van der Waals surface area contributed by atoms with Gasteiger partial charge in [0.25, 0.3) is 10.0 Å². The van der Waals surface area contributed by atoms with E-state index in [1.165, 1.54) is 36.4 Å². The van der Waals surface area contributed by atoms with Gasteiger partial charge < -0.3 is 4.18 Å². The molecule has 1 aliphatic rings. The third-order valence-corrected chi connectivity index (χ3v) is 6.89. The van der Waals surface area contributed by atoms with Gasteiger partial charge in [-0.2, -0.15) is 26.9 Å². The predicted octanol–water partition coefficient (Wildman–Crippen LogP) is 3.05. The molecule has 0 spiro atoms. The molecule has 0 atom stereocenters. The summed E-state index contributed by atoms with van der Waals surface area (Å²) in [7, 11) is -9.21. The highest BCUT2D eigenvalue weighted by atomic mass is 32.2. The van der Waals surface area contributed by atoms with Crippen molar-refractivity contribution >= 4 is 31.9 Å². The monoisotopic (exact) mass is 458 g/mol. The van der Waals surface area contributed by atoms with Gasteiger partial charge in [0.1, 0.15) is 6.07 Å². The standard InChI is InChI=1S/C18H13F3N2O5S2/c19-18(20,21)12-29(24,25)28-16-9-8-13(11-22)17-15(16)7-4-10-23(17)30(26,27)14-5-2-1-3-6-14/h1-9H,10,12H2. The largest absolute Gasteiger partial charge is 0.406 e. The molecule has 2 aromatic carbocycles. The van der Waals surface area contributed by atoms with Crippen molar-refractivity contribution in [1.29, 1.82) is 5.26 Å². The first-order valence-corrected chi connectivity index (χ1v) is 11.3. The summed E-state index contributed by atoms with van der Waals surface area (Å²) in [6.45, 7) is -0.169. The van der Waals surface area contributed by atoms with Gasteiger partial charge in [0, 0.05) is 5.56 Å². The summed E-state index contributed by atoms with van der Waals surface area (Å²) in [6, 6.07) is 11.2. The van der Waals surface area contributed by atoms with Crippen LogP contribution < -0.4 is 8.49 Å². The Hall–Kier alpha value is -3.04. The number of anilines is 1. The Morgan fingerprint density at radius 2 is 1.73 bits per heavy atom. The van der Waals surface area contributed by atoms with Crippen LogP contribution in [0.25, 0.3) is 6.08 Å². The zero-order chi connectivity index (χ0) is 22.2. The molecular formula is C18H13F3N2O5S2. The number of alkyl halides is 3. The van der Waals surface area contributed by atoms with Crippen LogP contribution in [0.5, 0.6) is 5.75 Å². The Morgan fingerprint density at radius 3 is 2.33 bits per heavy atom. The second-order valence-corrected chi connectivity index (χ2v) is 9.57. The molecule has 0 aromatic heterocycles. The van der Waals surface area contributed by atoms with Gasteiger partial charge in [0.15, 0.2) is 11.5 Å². The lowest BCUT2D eigenvalue weighted by Gasteiger charge is -2.29. The first-order valence-electron chi connectivity index (χ1n) is 8.25. The van der Waals surface area contributed by atoms with Crippen molar-refractivity contribution in [2.75, 3.05) is 16.6 Å². The van der Waals surface area contributed by atoms with Crippen molar-refractivity contribution in [3.05, 3.63) is 59.7 Å². The summed E-state index contributed by atoms with van der Waals surface area (Å²) >= 11 is 0. The number of benzene rings is 2. The van der Waals surface area contributed by atoms with Crippen LogP contribution in [0.4, 0.5) is 18.9 Å². The van der Waals surface area contributed by atoms with E-state index in [0.717, 1.165) is 16.4 Å². The van der Waals surface area contributed by atoms with Crippen LogP contribution in [0.1, 0.15) is 11.1 Å². The number of fused-ring (bicyclic) bond motifs is 1. The van der Waals surface area contributed by atoms with E-state index in [1.54, 1.807) is 6.07 Å². The zero-order valence-electron chi connectivity index (χ0n) is 15.0. The molecule has 0 aliphatic carbocycles. The van der Waals surface area contributed by atoms with E-state index in [4.69, 9.17) is 0 Å². The Morgan fingerprint density at radius 1 is 1.07 bits per heavy atom. The van der Waals surface area contributed by atoms with Gasteiger partial charge in [-0.05, 0) is 24.3 Å². The van der Waals surface area contributed by atoms with Crippen LogP contribution in [-0.4, -0.2) is 35.3 Å². The van der Waals surface area contributed by atoms with Gasteiger partial charge in [-0.1, -0.05) is 30.4 Å². The Kier molecular flexibility index (Phi) is 5.53. The number of nitrogens with zero attached hydrogens (tertiary/aromatic N) is 2. The average Bonchev–Trinajstić information content (AvgIpc) is 2.66. The highest BCUT2D eigenvalue weighted by Crippen LogP contribution is 2.40. The lowest BCUT2D eigenvalue weighted by Crippen LogP contribution is -2.34. The second-order valence-electron chi connectivity index (χ2n) is 6.14. The maximum absolute atomic E-state index is 13.1. The third-order valence-electron chi connectivity index (χ3n) is 3.99. The molecule has 30 heavy (non-hydrogen) atoms. The Bertz CT molecular complexity index is 1250. The van der Waals surface area contributed by atoms with Crippen LogP contribution in [-0.2, 0) is 20.1 Å². The van der Waals surface area contributed by atoms with Crippen LogP contribution in [0, 0.1) is 11.3 Å². The van der Waals surface area contributed by atoms with Gasteiger partial charge in [0.2, 0.25) is 0 Å². The zero-order valence-corrected chi connectivity index (χ0v) is 16.6. The third kappa shape index (κ3) is 4.42. The summed E-state index contributed by atoms with van der Waals surface area (Å²) < 4.78 is 92.8. The first-order chi connectivity index (χ1) is 13.9. The van der Waals surface area contributed by atoms with E-state index < -0.39 is 37.8 Å². The molecule has 0 radical (unpaired) electrons. The fourth-order valence-electron chi connectivity index (χ4n) is 2.84. The van der Waals surface area contributed by atoms with Gasteiger partial charge >= 0.3 is 16.3 Å². The van der Waals surface area contributed by atoms with Gasteiger partial charge in [-0.15, -0.1) is 0 Å². The molecule has 158 valence electrons. The van der Waals surface area contributed by atoms with E-state index in [1.807, 2.05) is 6.07 Å². The minimum atomic E-state index is -5.06. The first kappa shape index (κ1) is 21.7. The molecule has 0 N–H and O–H groups in total. The highest BCUT2D eigenvalue weighted by Gasteiger charge is 2.38. The van der Waals surface area contributed by atoms with Gasteiger partial charge in [-0.3, -0.25) is 4.31 Å². The van der Waals surface area contributed by atoms with Crippen molar-refractivity contribution in [2.45, 2.75) is 11.1 Å². The van der Waals surface area contributed by atoms with Crippen LogP contribution in [0.3, 0.4) is 0 Å². The molecule has 1 heterocycles. The quantitative estimate of drug-likeness (QED) is 0.638. The van der Waals surface area contributed by atoms with E-state index in [9.17, 15) is 35.3 Å². The van der Waals surface area contributed by atoms with Crippen LogP contribution >= 0.6 is 0 Å². The summed E-state index contributed by atoms with van der Waals surface area (Å²) in [5, 5.41) is 9.42. The van der Waals surface area contributed by atoms with E-state index >= 15 is 0 Å². The fourth-order valence-corrected chi connectivity index (χ4v) is 5.20. The van der Waals surface area contributed by atoms with Crippen molar-refractivity contribution < 1.29 is 34.2 Å². The molecule has 2 aromatic rings. The molecule has 0 saturated carbocycles. The molecular weight excluding hydrogens is 445 g/mol. The van der Waals surface area contributed by atoms with E-state index in [-0.39, 0.29) is 28.3 Å². The predicted molar refractivity (Wildman–Crippen MR) is 102 cm³/mol.